The molecule has 0 aliphatic heterocycles. The number of urea groups is 1. The lowest BCUT2D eigenvalue weighted by molar-refractivity contribution is 0.251. The predicted molar refractivity (Wildman–Crippen MR) is 103 cm³/mol. The summed E-state index contributed by atoms with van der Waals surface area (Å²) in [6.45, 7) is 0.788. The van der Waals surface area contributed by atoms with Crippen LogP contribution < -0.4 is 21.1 Å². The van der Waals surface area contributed by atoms with Gasteiger partial charge < -0.3 is 15.4 Å². The van der Waals surface area contributed by atoms with E-state index in [1.165, 1.54) is 10.8 Å². The monoisotopic (exact) mass is 364 g/mol. The van der Waals surface area contributed by atoms with Crippen LogP contribution in [0.1, 0.15) is 11.1 Å². The number of anilines is 1. The second-order valence-electron chi connectivity index (χ2n) is 5.89. The first-order valence-electron chi connectivity index (χ1n) is 8.42. The highest BCUT2D eigenvalue weighted by molar-refractivity contribution is 5.89. The number of rotatable bonds is 6. The zero-order valence-electron chi connectivity index (χ0n) is 14.9. The molecule has 2 amide bonds. The van der Waals surface area contributed by atoms with Crippen LogP contribution in [0.15, 0.2) is 71.8 Å². The van der Waals surface area contributed by atoms with E-state index in [2.05, 4.69) is 15.6 Å². The Labute approximate surface area is 156 Å². The molecule has 0 aliphatic carbocycles. The maximum absolute atomic E-state index is 12.1. The molecule has 0 radical (unpaired) electrons. The Morgan fingerprint density at radius 2 is 1.93 bits per heavy atom. The minimum atomic E-state index is -0.312. The summed E-state index contributed by atoms with van der Waals surface area (Å²) in [7, 11) is 1.61. The fourth-order valence-electron chi connectivity index (χ4n) is 2.55. The molecule has 3 aromatic rings. The lowest BCUT2D eigenvalue weighted by atomic mass is 10.2. The second-order valence-corrected chi connectivity index (χ2v) is 5.89. The summed E-state index contributed by atoms with van der Waals surface area (Å²) < 4.78 is 6.61. The van der Waals surface area contributed by atoms with Gasteiger partial charge in [-0.1, -0.05) is 24.3 Å². The molecule has 1 aromatic heterocycles. The van der Waals surface area contributed by atoms with Crippen molar-refractivity contribution in [2.75, 3.05) is 12.4 Å². The summed E-state index contributed by atoms with van der Waals surface area (Å²) in [5.74, 6) is 0.771. The second kappa shape index (κ2) is 8.66. The summed E-state index contributed by atoms with van der Waals surface area (Å²) in [4.78, 5) is 27.6. The van der Waals surface area contributed by atoms with Gasteiger partial charge in [0.1, 0.15) is 5.75 Å². The fraction of sp³-hybridized carbons (Fsp3) is 0.150. The van der Waals surface area contributed by atoms with Gasteiger partial charge in [-0.2, -0.15) is 0 Å². The van der Waals surface area contributed by atoms with E-state index in [1.807, 2.05) is 42.5 Å². The van der Waals surface area contributed by atoms with Crippen LogP contribution >= 0.6 is 0 Å². The maximum atomic E-state index is 12.1. The van der Waals surface area contributed by atoms with E-state index < -0.39 is 0 Å². The molecule has 0 fully saturated rings. The third kappa shape index (κ3) is 5.18. The van der Waals surface area contributed by atoms with Crippen LogP contribution in [0.2, 0.25) is 0 Å². The van der Waals surface area contributed by atoms with Crippen molar-refractivity contribution in [3.63, 3.8) is 0 Å². The summed E-state index contributed by atoms with van der Waals surface area (Å²) >= 11 is 0. The summed E-state index contributed by atoms with van der Waals surface area (Å²) in [5.41, 5.74) is 2.19. The zero-order chi connectivity index (χ0) is 19.1. The van der Waals surface area contributed by atoms with Crippen molar-refractivity contribution in [1.29, 1.82) is 0 Å². The molecule has 138 valence electrons. The Morgan fingerprint density at radius 3 is 2.67 bits per heavy atom. The van der Waals surface area contributed by atoms with Gasteiger partial charge >= 0.3 is 11.7 Å². The van der Waals surface area contributed by atoms with Gasteiger partial charge in [-0.05, 0) is 41.5 Å². The molecule has 0 saturated carbocycles. The molecule has 0 atom stereocenters. The van der Waals surface area contributed by atoms with Crippen molar-refractivity contribution in [1.82, 2.24) is 14.9 Å². The Morgan fingerprint density at radius 1 is 1.11 bits per heavy atom. The quantitative estimate of drug-likeness (QED) is 0.704. The predicted octanol–water partition coefficient (Wildman–Crippen LogP) is 2.62. The SMILES string of the molecule is COc1ccc(CNC(=O)Nc2cccc(Cn3cccnc3=O)c2)cc1. The zero-order valence-corrected chi connectivity index (χ0v) is 14.9. The van der Waals surface area contributed by atoms with Gasteiger partial charge in [-0.3, -0.25) is 4.57 Å². The number of carbonyl (C=O) groups excluding carboxylic acids is 1. The maximum Gasteiger partial charge on any atom is 0.347 e. The Kier molecular flexibility index (Phi) is 5.84. The summed E-state index contributed by atoms with van der Waals surface area (Å²) in [5, 5.41) is 5.60. The van der Waals surface area contributed by atoms with Crippen LogP contribution in [0.4, 0.5) is 10.5 Å². The van der Waals surface area contributed by atoms with Crippen molar-refractivity contribution in [2.24, 2.45) is 0 Å². The number of methoxy groups -OCH3 is 1. The van der Waals surface area contributed by atoms with Crippen LogP contribution in [0.3, 0.4) is 0 Å². The van der Waals surface area contributed by atoms with E-state index in [1.54, 1.807) is 25.4 Å². The number of nitrogens with zero attached hydrogens (tertiary/aromatic N) is 2. The molecule has 27 heavy (non-hydrogen) atoms. The first-order chi connectivity index (χ1) is 13.1. The Bertz CT molecular complexity index is 967. The highest BCUT2D eigenvalue weighted by Crippen LogP contribution is 2.13. The van der Waals surface area contributed by atoms with Crippen molar-refractivity contribution < 1.29 is 9.53 Å². The molecular formula is C20H20N4O3. The Balaban J connectivity index is 1.57. The lowest BCUT2D eigenvalue weighted by Crippen LogP contribution is -2.28. The highest BCUT2D eigenvalue weighted by Gasteiger charge is 2.04. The largest absolute Gasteiger partial charge is 0.497 e. The van der Waals surface area contributed by atoms with E-state index in [0.29, 0.717) is 18.8 Å². The van der Waals surface area contributed by atoms with Gasteiger partial charge in [0.2, 0.25) is 0 Å². The molecule has 0 unspecified atom stereocenters. The third-order valence-electron chi connectivity index (χ3n) is 3.93. The van der Waals surface area contributed by atoms with E-state index in [-0.39, 0.29) is 11.7 Å². The van der Waals surface area contributed by atoms with Gasteiger partial charge in [-0.15, -0.1) is 0 Å². The number of amides is 2. The van der Waals surface area contributed by atoms with Crippen molar-refractivity contribution >= 4 is 11.7 Å². The van der Waals surface area contributed by atoms with E-state index in [0.717, 1.165) is 16.9 Å². The first-order valence-corrected chi connectivity index (χ1v) is 8.42. The van der Waals surface area contributed by atoms with Gasteiger partial charge in [0.25, 0.3) is 0 Å². The molecular weight excluding hydrogens is 344 g/mol. The number of ether oxygens (including phenoxy) is 1. The summed E-state index contributed by atoms with van der Waals surface area (Å²) in [6.07, 6.45) is 3.14. The van der Waals surface area contributed by atoms with Crippen molar-refractivity contribution in [3.8, 4) is 5.75 Å². The van der Waals surface area contributed by atoms with Gasteiger partial charge in [0.05, 0.1) is 13.7 Å². The van der Waals surface area contributed by atoms with Crippen LogP contribution in [0.25, 0.3) is 0 Å². The molecule has 0 saturated heterocycles. The molecule has 0 aliphatic rings. The van der Waals surface area contributed by atoms with Crippen LogP contribution in [0, 0.1) is 0 Å². The van der Waals surface area contributed by atoms with Crippen LogP contribution in [-0.2, 0) is 13.1 Å². The average molecular weight is 364 g/mol. The number of hydrogen-bond donors (Lipinski definition) is 2. The smallest absolute Gasteiger partial charge is 0.347 e. The van der Waals surface area contributed by atoms with Crippen molar-refractivity contribution in [3.05, 3.63) is 88.6 Å². The van der Waals surface area contributed by atoms with Crippen LogP contribution in [-0.4, -0.2) is 22.7 Å². The molecule has 2 N–H and O–H groups in total. The highest BCUT2D eigenvalue weighted by atomic mass is 16.5. The minimum absolute atomic E-state index is 0.304. The molecule has 1 heterocycles. The third-order valence-corrected chi connectivity index (χ3v) is 3.93. The van der Waals surface area contributed by atoms with E-state index in [4.69, 9.17) is 4.74 Å². The van der Waals surface area contributed by atoms with Gasteiger partial charge in [0, 0.05) is 24.6 Å². The van der Waals surface area contributed by atoms with Crippen LogP contribution in [0.5, 0.6) is 5.75 Å². The normalized spacial score (nSPS) is 10.3. The number of carbonyl (C=O) groups is 1. The molecule has 0 spiro atoms. The molecule has 7 heteroatoms. The fourth-order valence-corrected chi connectivity index (χ4v) is 2.55. The number of hydrogen-bond acceptors (Lipinski definition) is 4. The number of nitrogens with one attached hydrogen (secondary N) is 2. The Hall–Kier alpha value is -3.61. The topological polar surface area (TPSA) is 85.2 Å². The molecule has 3 rings (SSSR count). The standard InChI is InChI=1S/C20H20N4O3/c1-27-18-8-6-15(7-9-18)13-22-19(25)23-17-5-2-4-16(12-17)14-24-11-3-10-21-20(24)26/h2-12H,13-14H2,1H3,(H2,22,23,25). The van der Waals surface area contributed by atoms with E-state index >= 15 is 0 Å². The summed E-state index contributed by atoms with van der Waals surface area (Å²) in [6, 6.07) is 16.2. The van der Waals surface area contributed by atoms with Gasteiger partial charge in [0.15, 0.2) is 0 Å². The minimum Gasteiger partial charge on any atom is -0.497 e. The molecule has 2 aromatic carbocycles. The van der Waals surface area contributed by atoms with Crippen molar-refractivity contribution in [2.45, 2.75) is 13.1 Å². The lowest BCUT2D eigenvalue weighted by Gasteiger charge is -2.10. The number of aromatic nitrogens is 2. The number of benzene rings is 2. The van der Waals surface area contributed by atoms with Gasteiger partial charge in [-0.25, -0.2) is 14.6 Å². The molecule has 0 bridgehead atoms. The molecule has 7 nitrogen and oxygen atoms in total. The average Bonchev–Trinajstić information content (AvgIpc) is 2.69. The van der Waals surface area contributed by atoms with E-state index in [9.17, 15) is 9.59 Å². The first kappa shape index (κ1) is 18.2.